The quantitative estimate of drug-likeness (QED) is 0.804. The first kappa shape index (κ1) is 11.5. The highest BCUT2D eigenvalue weighted by Gasteiger charge is 2.28. The van der Waals surface area contributed by atoms with Crippen LogP contribution in [0.1, 0.15) is 31.5 Å². The molecule has 1 fully saturated rings. The zero-order valence-electron chi connectivity index (χ0n) is 9.89. The van der Waals surface area contributed by atoms with E-state index < -0.39 is 0 Å². The summed E-state index contributed by atoms with van der Waals surface area (Å²) in [7, 11) is 2.04. The van der Waals surface area contributed by atoms with Gasteiger partial charge in [0.1, 0.15) is 0 Å². The van der Waals surface area contributed by atoms with Gasteiger partial charge in [-0.15, -0.1) is 10.2 Å². The molecule has 0 bridgehead atoms. The molecule has 0 spiro atoms. The van der Waals surface area contributed by atoms with E-state index in [1.807, 2.05) is 14.0 Å². The highest BCUT2D eigenvalue weighted by Crippen LogP contribution is 2.27. The molecule has 5 nitrogen and oxygen atoms in total. The molecule has 1 saturated carbocycles. The number of aliphatic hydroxyl groups excluding tert-OH is 1. The minimum Gasteiger partial charge on any atom is -0.424 e. The molecule has 1 heterocycles. The fourth-order valence-electron chi connectivity index (χ4n) is 2.08. The van der Waals surface area contributed by atoms with Gasteiger partial charge in [-0.25, -0.2) is 0 Å². The van der Waals surface area contributed by atoms with Crippen molar-refractivity contribution in [1.29, 1.82) is 0 Å². The van der Waals surface area contributed by atoms with E-state index >= 15 is 0 Å². The van der Waals surface area contributed by atoms with Gasteiger partial charge in [0, 0.05) is 13.0 Å². The average molecular weight is 225 g/mol. The molecule has 1 aliphatic rings. The van der Waals surface area contributed by atoms with Gasteiger partial charge >= 0.3 is 0 Å². The van der Waals surface area contributed by atoms with Gasteiger partial charge in [-0.3, -0.25) is 4.90 Å². The van der Waals surface area contributed by atoms with Crippen molar-refractivity contribution >= 4 is 0 Å². The minimum absolute atomic E-state index is 0.0755. The van der Waals surface area contributed by atoms with Gasteiger partial charge in [0.05, 0.1) is 12.6 Å². The van der Waals surface area contributed by atoms with E-state index in [-0.39, 0.29) is 6.10 Å². The SMILES string of the molecule is CCc1nnc(CN(C)CC2CC(O)C2)o1. The van der Waals surface area contributed by atoms with Crippen molar-refractivity contribution in [3.05, 3.63) is 11.8 Å². The van der Waals surface area contributed by atoms with E-state index in [0.717, 1.165) is 25.8 Å². The Labute approximate surface area is 95.5 Å². The summed E-state index contributed by atoms with van der Waals surface area (Å²) in [5.41, 5.74) is 0. The molecule has 0 radical (unpaired) electrons. The van der Waals surface area contributed by atoms with Gasteiger partial charge in [-0.1, -0.05) is 6.92 Å². The highest BCUT2D eigenvalue weighted by atomic mass is 16.4. The van der Waals surface area contributed by atoms with Gasteiger partial charge in [-0.2, -0.15) is 0 Å². The number of hydrogen-bond acceptors (Lipinski definition) is 5. The van der Waals surface area contributed by atoms with Crippen LogP contribution in [0.5, 0.6) is 0 Å². The Balaban J connectivity index is 1.76. The maximum Gasteiger partial charge on any atom is 0.230 e. The summed E-state index contributed by atoms with van der Waals surface area (Å²) in [4.78, 5) is 2.17. The summed E-state index contributed by atoms with van der Waals surface area (Å²) >= 11 is 0. The smallest absolute Gasteiger partial charge is 0.230 e. The van der Waals surface area contributed by atoms with Crippen LogP contribution < -0.4 is 0 Å². The van der Waals surface area contributed by atoms with Crippen molar-refractivity contribution in [3.63, 3.8) is 0 Å². The van der Waals surface area contributed by atoms with Gasteiger partial charge < -0.3 is 9.52 Å². The molecule has 0 aliphatic heterocycles. The summed E-state index contributed by atoms with van der Waals surface area (Å²) < 4.78 is 5.44. The summed E-state index contributed by atoms with van der Waals surface area (Å²) in [5.74, 6) is 2.00. The summed E-state index contributed by atoms with van der Waals surface area (Å²) in [6.07, 6.45) is 2.56. The third-order valence-electron chi connectivity index (χ3n) is 3.00. The standard InChI is InChI=1S/C11H19N3O2/c1-3-10-12-13-11(16-10)7-14(2)6-8-4-9(15)5-8/h8-9,15H,3-7H2,1-2H3. The van der Waals surface area contributed by atoms with Gasteiger partial charge in [-0.05, 0) is 25.8 Å². The molecule has 0 saturated heterocycles. The number of aliphatic hydroxyl groups is 1. The van der Waals surface area contributed by atoms with E-state index in [2.05, 4.69) is 15.1 Å². The number of rotatable bonds is 5. The normalized spacial score (nSPS) is 24.8. The number of aryl methyl sites for hydroxylation is 1. The number of aromatic nitrogens is 2. The predicted molar refractivity (Wildman–Crippen MR) is 58.7 cm³/mol. The van der Waals surface area contributed by atoms with Crippen LogP contribution in [0.15, 0.2) is 4.42 Å². The summed E-state index contributed by atoms with van der Waals surface area (Å²) in [5, 5.41) is 17.1. The lowest BCUT2D eigenvalue weighted by atomic mass is 9.82. The molecule has 1 N–H and O–H groups in total. The maximum absolute atomic E-state index is 9.20. The van der Waals surface area contributed by atoms with E-state index in [1.165, 1.54) is 0 Å². The molecule has 0 unspecified atom stereocenters. The van der Waals surface area contributed by atoms with Crippen LogP contribution in [0, 0.1) is 5.92 Å². The number of hydrogen-bond donors (Lipinski definition) is 1. The fraction of sp³-hybridized carbons (Fsp3) is 0.818. The Hall–Kier alpha value is -0.940. The second-order valence-corrected chi connectivity index (χ2v) is 4.63. The van der Waals surface area contributed by atoms with Crippen molar-refractivity contribution in [3.8, 4) is 0 Å². The first-order chi connectivity index (χ1) is 7.67. The fourth-order valence-corrected chi connectivity index (χ4v) is 2.08. The molecule has 1 aromatic heterocycles. The first-order valence-electron chi connectivity index (χ1n) is 5.85. The molecule has 1 aliphatic carbocycles. The molecule has 1 aromatic rings. The molecular weight excluding hydrogens is 206 g/mol. The zero-order chi connectivity index (χ0) is 11.5. The van der Waals surface area contributed by atoms with Crippen LogP contribution in [-0.4, -0.2) is 39.9 Å². The molecular formula is C11H19N3O2. The molecule has 0 atom stereocenters. The van der Waals surface area contributed by atoms with Crippen LogP contribution in [-0.2, 0) is 13.0 Å². The van der Waals surface area contributed by atoms with Crippen LogP contribution in [0.2, 0.25) is 0 Å². The Kier molecular flexibility index (Phi) is 3.56. The minimum atomic E-state index is -0.0755. The van der Waals surface area contributed by atoms with Crippen LogP contribution in [0.4, 0.5) is 0 Å². The summed E-state index contributed by atoms with van der Waals surface area (Å²) in [6.45, 7) is 3.68. The zero-order valence-corrected chi connectivity index (χ0v) is 9.89. The van der Waals surface area contributed by atoms with Crippen LogP contribution in [0.25, 0.3) is 0 Å². The summed E-state index contributed by atoms with van der Waals surface area (Å²) in [6, 6.07) is 0. The first-order valence-corrected chi connectivity index (χ1v) is 5.85. The van der Waals surface area contributed by atoms with Crippen molar-refractivity contribution in [1.82, 2.24) is 15.1 Å². The van der Waals surface area contributed by atoms with Gasteiger partial charge in [0.15, 0.2) is 0 Å². The molecule has 16 heavy (non-hydrogen) atoms. The van der Waals surface area contributed by atoms with Crippen LogP contribution in [0.3, 0.4) is 0 Å². The monoisotopic (exact) mass is 225 g/mol. The third-order valence-corrected chi connectivity index (χ3v) is 3.00. The Bertz CT molecular complexity index is 334. The Morgan fingerprint density at radius 2 is 2.06 bits per heavy atom. The van der Waals surface area contributed by atoms with Crippen molar-refractivity contribution < 1.29 is 9.52 Å². The Morgan fingerprint density at radius 3 is 2.62 bits per heavy atom. The van der Waals surface area contributed by atoms with Gasteiger partial charge in [0.2, 0.25) is 11.8 Å². The largest absolute Gasteiger partial charge is 0.424 e. The van der Waals surface area contributed by atoms with E-state index in [9.17, 15) is 5.11 Å². The second kappa shape index (κ2) is 4.93. The van der Waals surface area contributed by atoms with Crippen LogP contribution >= 0.6 is 0 Å². The van der Waals surface area contributed by atoms with Crippen molar-refractivity contribution in [2.45, 2.75) is 38.8 Å². The molecule has 0 amide bonds. The maximum atomic E-state index is 9.20. The lowest BCUT2D eigenvalue weighted by molar-refractivity contribution is 0.0263. The molecule has 0 aromatic carbocycles. The van der Waals surface area contributed by atoms with Gasteiger partial charge in [0.25, 0.3) is 0 Å². The van der Waals surface area contributed by atoms with Crippen molar-refractivity contribution in [2.75, 3.05) is 13.6 Å². The third kappa shape index (κ3) is 2.80. The van der Waals surface area contributed by atoms with Crippen molar-refractivity contribution in [2.24, 2.45) is 5.92 Å². The Morgan fingerprint density at radius 1 is 1.38 bits per heavy atom. The highest BCUT2D eigenvalue weighted by molar-refractivity contribution is 4.84. The average Bonchev–Trinajstić information content (AvgIpc) is 2.63. The molecule has 5 heteroatoms. The topological polar surface area (TPSA) is 62.4 Å². The molecule has 2 rings (SSSR count). The lowest BCUT2D eigenvalue weighted by Crippen LogP contribution is -2.36. The second-order valence-electron chi connectivity index (χ2n) is 4.63. The van der Waals surface area contributed by atoms with E-state index in [4.69, 9.17) is 4.42 Å². The predicted octanol–water partition coefficient (Wildman–Crippen LogP) is 0.835. The molecule has 90 valence electrons. The van der Waals surface area contributed by atoms with E-state index in [1.54, 1.807) is 0 Å². The number of nitrogens with zero attached hydrogens (tertiary/aromatic N) is 3. The van der Waals surface area contributed by atoms with E-state index in [0.29, 0.717) is 24.2 Å². The lowest BCUT2D eigenvalue weighted by Gasteiger charge is -2.34.